The second-order valence-electron chi connectivity index (χ2n) is 5.58. The third kappa shape index (κ3) is 1.80. The molecule has 1 aliphatic heterocycles. The molecule has 4 atom stereocenters. The summed E-state index contributed by atoms with van der Waals surface area (Å²) in [6, 6.07) is 5.38. The Morgan fingerprint density at radius 3 is 2.91 bits per heavy atom. The maximum absolute atomic E-state index is 10.4. The number of hydrogen-bond donors (Lipinski definition) is 3. The molecule has 0 aliphatic carbocycles. The lowest BCUT2D eigenvalue weighted by molar-refractivity contribution is -0.259. The van der Waals surface area contributed by atoms with Crippen LogP contribution >= 0.6 is 0 Å². The summed E-state index contributed by atoms with van der Waals surface area (Å²) in [5.41, 5.74) is 5.25. The average molecular weight is 319 g/mol. The number of fused-ring (bicyclic) bond motifs is 1. The molecule has 0 aromatic carbocycles. The van der Waals surface area contributed by atoms with E-state index in [0.717, 1.165) is 0 Å². The number of nitrogens with two attached hydrogens (primary N) is 1. The summed E-state index contributed by atoms with van der Waals surface area (Å²) in [7, 11) is 1.37. The molecule has 0 amide bonds. The van der Waals surface area contributed by atoms with E-state index in [-0.39, 0.29) is 5.82 Å². The molecule has 0 bridgehead atoms. The van der Waals surface area contributed by atoms with E-state index in [1.54, 1.807) is 12.1 Å². The minimum absolute atomic E-state index is 0.258. The number of aliphatic hydroxyl groups excluding tert-OH is 2. The molecule has 1 fully saturated rings. The summed E-state index contributed by atoms with van der Waals surface area (Å²) in [5, 5.41) is 33.7. The summed E-state index contributed by atoms with van der Waals surface area (Å²) in [4.78, 5) is 3.91. The van der Waals surface area contributed by atoms with E-state index in [9.17, 15) is 15.5 Å². The van der Waals surface area contributed by atoms with Crippen LogP contribution in [0.2, 0.25) is 0 Å². The summed E-state index contributed by atoms with van der Waals surface area (Å²) < 4.78 is 12.8. The zero-order valence-electron chi connectivity index (χ0n) is 12.7. The first kappa shape index (κ1) is 15.6. The van der Waals surface area contributed by atoms with Crippen LogP contribution in [0, 0.1) is 16.7 Å². The lowest BCUT2D eigenvalue weighted by Gasteiger charge is -2.36. The second-order valence-corrected chi connectivity index (χ2v) is 5.58. The zero-order valence-corrected chi connectivity index (χ0v) is 12.7. The Labute approximate surface area is 131 Å². The first-order valence-electron chi connectivity index (χ1n) is 6.97. The molecule has 9 heteroatoms. The maximum Gasteiger partial charge on any atom is 0.234 e. The number of rotatable bonds is 3. The highest BCUT2D eigenvalue weighted by molar-refractivity contribution is 5.65. The van der Waals surface area contributed by atoms with Crippen LogP contribution in [0.1, 0.15) is 12.6 Å². The standard InChI is InChI=1S/C14H17N5O4/c1-13(6-15)11(21)9(5-20)23-14(13,22-2)10-4-3-8-12(16)17-7-18-19(8)10/h3-4,7,9,11,20-21H,5H2,1-2H3,(H2,16,17,18)/t9-,11-,13-,14+/m1/s1. The number of nitrogen functional groups attached to an aromatic ring is 1. The van der Waals surface area contributed by atoms with Crippen LogP contribution in [-0.4, -0.2) is 50.7 Å². The molecule has 0 radical (unpaired) electrons. The molecular formula is C14H17N5O4. The van der Waals surface area contributed by atoms with E-state index in [1.165, 1.54) is 24.9 Å². The van der Waals surface area contributed by atoms with Crippen molar-refractivity contribution < 1.29 is 19.7 Å². The van der Waals surface area contributed by atoms with Crippen molar-refractivity contribution in [2.24, 2.45) is 5.41 Å². The van der Waals surface area contributed by atoms with Gasteiger partial charge in [-0.05, 0) is 19.1 Å². The summed E-state index contributed by atoms with van der Waals surface area (Å²) in [6.07, 6.45) is -0.945. The molecular weight excluding hydrogens is 302 g/mol. The molecule has 0 saturated carbocycles. The smallest absolute Gasteiger partial charge is 0.234 e. The van der Waals surface area contributed by atoms with E-state index >= 15 is 0 Å². The first-order chi connectivity index (χ1) is 10.9. The Balaban J connectivity index is 2.28. The molecule has 0 spiro atoms. The monoisotopic (exact) mass is 319 g/mol. The normalized spacial score (nSPS) is 33.9. The number of nitriles is 1. The third-order valence-corrected chi connectivity index (χ3v) is 4.46. The summed E-state index contributed by atoms with van der Waals surface area (Å²) >= 11 is 0. The molecule has 9 nitrogen and oxygen atoms in total. The van der Waals surface area contributed by atoms with Crippen molar-refractivity contribution in [1.82, 2.24) is 14.6 Å². The minimum Gasteiger partial charge on any atom is -0.394 e. The quantitative estimate of drug-likeness (QED) is 0.681. The van der Waals surface area contributed by atoms with Gasteiger partial charge in [0.1, 0.15) is 35.2 Å². The second kappa shape index (κ2) is 5.14. The maximum atomic E-state index is 10.4. The van der Waals surface area contributed by atoms with Gasteiger partial charge >= 0.3 is 0 Å². The number of ether oxygens (including phenoxy) is 2. The first-order valence-corrected chi connectivity index (χ1v) is 6.97. The highest BCUT2D eigenvalue weighted by Gasteiger charge is 2.66. The molecule has 122 valence electrons. The highest BCUT2D eigenvalue weighted by Crippen LogP contribution is 2.53. The van der Waals surface area contributed by atoms with Crippen molar-refractivity contribution in [3.8, 4) is 6.07 Å². The van der Waals surface area contributed by atoms with Gasteiger partial charge in [-0.1, -0.05) is 0 Å². The molecule has 1 saturated heterocycles. The molecule has 3 heterocycles. The Hall–Kier alpha value is -2.25. The molecule has 0 unspecified atom stereocenters. The van der Waals surface area contributed by atoms with Crippen LogP contribution in [0.15, 0.2) is 18.5 Å². The van der Waals surface area contributed by atoms with E-state index < -0.39 is 30.0 Å². The predicted molar refractivity (Wildman–Crippen MR) is 77.8 cm³/mol. The van der Waals surface area contributed by atoms with Crippen molar-refractivity contribution in [3.05, 3.63) is 24.2 Å². The Morgan fingerprint density at radius 2 is 2.30 bits per heavy atom. The van der Waals surface area contributed by atoms with Crippen LogP contribution in [0.4, 0.5) is 5.82 Å². The van der Waals surface area contributed by atoms with Gasteiger partial charge < -0.3 is 25.4 Å². The minimum atomic E-state index is -1.62. The number of aliphatic hydroxyl groups is 2. The fraction of sp³-hybridized carbons (Fsp3) is 0.500. The van der Waals surface area contributed by atoms with Gasteiger partial charge in [0.05, 0.1) is 12.7 Å². The molecule has 2 aromatic rings. The highest BCUT2D eigenvalue weighted by atomic mass is 16.7. The van der Waals surface area contributed by atoms with Crippen LogP contribution < -0.4 is 5.73 Å². The lowest BCUT2D eigenvalue weighted by atomic mass is 9.76. The molecule has 4 N–H and O–H groups in total. The third-order valence-electron chi connectivity index (χ3n) is 4.46. The van der Waals surface area contributed by atoms with Crippen LogP contribution in [0.5, 0.6) is 0 Å². The van der Waals surface area contributed by atoms with Gasteiger partial charge in [0.15, 0.2) is 5.82 Å². The molecule has 1 aliphatic rings. The van der Waals surface area contributed by atoms with E-state index in [4.69, 9.17) is 15.2 Å². The SMILES string of the molecule is CO[C@@]1(c2ccc3c(N)ncnn23)O[C@H](CO)[C@@H](O)[C@@]1(C)C#N. The summed E-state index contributed by atoms with van der Waals surface area (Å²) in [5.74, 6) is -1.37. The Morgan fingerprint density at radius 1 is 1.57 bits per heavy atom. The number of methoxy groups -OCH3 is 1. The number of aromatic nitrogens is 3. The van der Waals surface area contributed by atoms with Crippen molar-refractivity contribution in [3.63, 3.8) is 0 Å². The average Bonchev–Trinajstić information content (AvgIpc) is 3.09. The van der Waals surface area contributed by atoms with E-state index in [2.05, 4.69) is 16.2 Å². The van der Waals surface area contributed by atoms with Crippen molar-refractivity contribution in [1.29, 1.82) is 5.26 Å². The Kier molecular flexibility index (Phi) is 3.50. The van der Waals surface area contributed by atoms with Crippen LogP contribution in [-0.2, 0) is 15.3 Å². The van der Waals surface area contributed by atoms with Gasteiger partial charge in [-0.3, -0.25) is 0 Å². The fourth-order valence-electron chi connectivity index (χ4n) is 3.14. The molecule has 23 heavy (non-hydrogen) atoms. The van der Waals surface area contributed by atoms with Crippen molar-refractivity contribution in [2.75, 3.05) is 19.5 Å². The summed E-state index contributed by atoms with van der Waals surface area (Å²) in [6.45, 7) is 1.06. The lowest BCUT2D eigenvalue weighted by Crippen LogP contribution is -2.47. The number of anilines is 1. The van der Waals surface area contributed by atoms with Gasteiger partial charge in [-0.2, -0.15) is 10.4 Å². The van der Waals surface area contributed by atoms with E-state index in [0.29, 0.717) is 11.2 Å². The topological polar surface area (TPSA) is 139 Å². The van der Waals surface area contributed by atoms with E-state index in [1.807, 2.05) is 0 Å². The van der Waals surface area contributed by atoms with Gasteiger partial charge in [0.2, 0.25) is 5.79 Å². The van der Waals surface area contributed by atoms with Crippen molar-refractivity contribution >= 4 is 11.3 Å². The van der Waals surface area contributed by atoms with Gasteiger partial charge in [-0.15, -0.1) is 0 Å². The van der Waals surface area contributed by atoms with Crippen molar-refractivity contribution in [2.45, 2.75) is 24.9 Å². The largest absolute Gasteiger partial charge is 0.394 e. The Bertz CT molecular complexity index is 787. The van der Waals surface area contributed by atoms with Gasteiger partial charge in [0.25, 0.3) is 0 Å². The number of hydrogen-bond acceptors (Lipinski definition) is 8. The fourth-order valence-corrected chi connectivity index (χ4v) is 3.14. The molecule has 2 aromatic heterocycles. The zero-order chi connectivity index (χ0) is 16.8. The predicted octanol–water partition coefficient (Wildman–Crippen LogP) is -0.607. The van der Waals surface area contributed by atoms with Crippen LogP contribution in [0.25, 0.3) is 5.52 Å². The van der Waals surface area contributed by atoms with Gasteiger partial charge in [0, 0.05) is 7.11 Å². The number of nitrogens with zero attached hydrogens (tertiary/aromatic N) is 4. The van der Waals surface area contributed by atoms with Gasteiger partial charge in [-0.25, -0.2) is 9.50 Å². The molecule has 3 rings (SSSR count). The van der Waals surface area contributed by atoms with Crippen LogP contribution in [0.3, 0.4) is 0 Å².